The molecule has 8 rings (SSSR count). The number of amides is 2. The standard InChI is InChI=1S/C48H41Cl2N5O9S2/c1-27-46(54-48(65-27)52-28(2)56)66(59,60)55-24-36-22-43-42(63-26-44(64-43)34-13-15-37(16-14-34)62-25-31-8-17-38(49)39(50)18-31)21-35(36)20-41(55)45(57)53-40(47(58)61-3)19-29-4-9-32(10-5-29)33-11-6-30(23-51)7-12-33/h4-18,21-22,40-41,44H,19-20,24-26H2,1-3H3,(H,53,57)(H,52,54,56)/t40-,41?,44+/m0/s1. The summed E-state index contributed by atoms with van der Waals surface area (Å²) in [5.74, 6) is -0.441. The summed E-state index contributed by atoms with van der Waals surface area (Å²) in [7, 11) is -3.31. The summed E-state index contributed by atoms with van der Waals surface area (Å²) in [6.07, 6.45) is -0.547. The summed E-state index contributed by atoms with van der Waals surface area (Å²) in [5, 5.41) is 15.2. The number of nitriles is 1. The number of aryl methyl sites for hydroxylation is 1. The Bertz CT molecular complexity index is 2980. The zero-order valence-electron chi connectivity index (χ0n) is 35.7. The molecule has 2 N–H and O–H groups in total. The second-order valence-electron chi connectivity index (χ2n) is 15.6. The minimum Gasteiger partial charge on any atom is -0.489 e. The normalized spacial score (nSPS) is 16.0. The Morgan fingerprint density at radius 1 is 0.924 bits per heavy atom. The molecule has 2 aliphatic heterocycles. The Hall–Kier alpha value is -6.48. The second-order valence-corrected chi connectivity index (χ2v) is 19.4. The van der Waals surface area contributed by atoms with Gasteiger partial charge in [-0.05, 0) is 101 Å². The van der Waals surface area contributed by atoms with Crippen molar-refractivity contribution in [2.24, 2.45) is 0 Å². The van der Waals surface area contributed by atoms with E-state index in [1.54, 1.807) is 43.3 Å². The van der Waals surface area contributed by atoms with Crippen LogP contribution in [0.3, 0.4) is 0 Å². The van der Waals surface area contributed by atoms with Crippen molar-refractivity contribution in [2.45, 2.75) is 63.1 Å². The number of methoxy groups -OCH3 is 1. The van der Waals surface area contributed by atoms with Crippen LogP contribution in [0.25, 0.3) is 11.1 Å². The molecule has 0 radical (unpaired) electrons. The number of benzene rings is 5. The van der Waals surface area contributed by atoms with E-state index >= 15 is 0 Å². The molecule has 18 heteroatoms. The minimum absolute atomic E-state index is 0.0434. The van der Waals surface area contributed by atoms with Crippen LogP contribution in [0.15, 0.2) is 108 Å². The highest BCUT2D eigenvalue weighted by Crippen LogP contribution is 2.42. The summed E-state index contributed by atoms with van der Waals surface area (Å²) < 4.78 is 54.2. The van der Waals surface area contributed by atoms with E-state index in [1.807, 2.05) is 66.7 Å². The average Bonchev–Trinajstić information content (AvgIpc) is 3.70. The fourth-order valence-electron chi connectivity index (χ4n) is 7.69. The number of anilines is 1. The number of carbonyl (C=O) groups is 3. The second kappa shape index (κ2) is 19.5. The Balaban J connectivity index is 1.04. The van der Waals surface area contributed by atoms with Gasteiger partial charge in [0.25, 0.3) is 10.0 Å². The first-order valence-electron chi connectivity index (χ1n) is 20.6. The summed E-state index contributed by atoms with van der Waals surface area (Å²) in [6.45, 7) is 3.06. The molecule has 0 saturated heterocycles. The summed E-state index contributed by atoms with van der Waals surface area (Å²) >= 11 is 13.2. The number of nitrogens with one attached hydrogen (secondary N) is 2. The monoisotopic (exact) mass is 965 g/mol. The van der Waals surface area contributed by atoms with Crippen molar-refractivity contribution in [2.75, 3.05) is 19.0 Å². The molecule has 6 aromatic rings. The van der Waals surface area contributed by atoms with E-state index in [9.17, 15) is 22.8 Å². The molecule has 0 fully saturated rings. The predicted octanol–water partition coefficient (Wildman–Crippen LogP) is 8.36. The van der Waals surface area contributed by atoms with Crippen LogP contribution in [0.5, 0.6) is 17.2 Å². The van der Waals surface area contributed by atoms with Gasteiger partial charge >= 0.3 is 5.97 Å². The van der Waals surface area contributed by atoms with Crippen LogP contribution in [0.1, 0.15) is 51.3 Å². The van der Waals surface area contributed by atoms with Gasteiger partial charge in [0.05, 0.1) is 28.8 Å². The predicted molar refractivity (Wildman–Crippen MR) is 248 cm³/mol. The van der Waals surface area contributed by atoms with Crippen LogP contribution in [0, 0.1) is 18.3 Å². The lowest BCUT2D eigenvalue weighted by Gasteiger charge is -2.36. The molecule has 338 valence electrons. The van der Waals surface area contributed by atoms with Crippen molar-refractivity contribution in [3.8, 4) is 34.4 Å². The lowest BCUT2D eigenvalue weighted by atomic mass is 9.93. The van der Waals surface area contributed by atoms with Crippen molar-refractivity contribution in [3.63, 3.8) is 0 Å². The molecule has 0 spiro atoms. The highest BCUT2D eigenvalue weighted by atomic mass is 35.5. The van der Waals surface area contributed by atoms with Gasteiger partial charge < -0.3 is 29.6 Å². The number of sulfonamides is 1. The van der Waals surface area contributed by atoms with Gasteiger partial charge in [-0.15, -0.1) is 11.3 Å². The van der Waals surface area contributed by atoms with Gasteiger partial charge in [-0.3, -0.25) is 9.59 Å². The first-order valence-corrected chi connectivity index (χ1v) is 23.6. The fourth-order valence-corrected chi connectivity index (χ4v) is 10.9. The Labute approximate surface area is 395 Å². The number of carbonyl (C=O) groups excluding carboxylic acids is 3. The van der Waals surface area contributed by atoms with E-state index in [4.69, 9.17) is 47.4 Å². The fraction of sp³-hybridized carbons (Fsp3) is 0.229. The number of halogens is 2. The number of esters is 1. The molecule has 3 atom stereocenters. The SMILES string of the molecule is COC(=O)[C@H](Cc1ccc(-c2ccc(C#N)cc2)cc1)NC(=O)C1Cc2cc3c(cc2CN1S(=O)(=O)c1nc(NC(C)=O)sc1C)O[C@@H](c1ccc(OCc2ccc(Cl)c(Cl)c2)cc1)CO3. The molecule has 3 heterocycles. The van der Waals surface area contributed by atoms with Crippen LogP contribution >= 0.6 is 34.5 Å². The molecular formula is C48H41Cl2N5O9S2. The quantitative estimate of drug-likeness (QED) is 0.106. The Kier molecular flexibility index (Phi) is 13.6. The molecule has 5 aromatic carbocycles. The van der Waals surface area contributed by atoms with Crippen LogP contribution < -0.4 is 24.8 Å². The van der Waals surface area contributed by atoms with Crippen LogP contribution in [-0.4, -0.2) is 61.3 Å². The van der Waals surface area contributed by atoms with E-state index in [-0.39, 0.29) is 42.8 Å². The van der Waals surface area contributed by atoms with Gasteiger partial charge in [-0.2, -0.15) is 9.57 Å². The number of nitrogens with zero attached hydrogens (tertiary/aromatic N) is 3. The zero-order valence-corrected chi connectivity index (χ0v) is 38.8. The average molecular weight is 967 g/mol. The van der Waals surface area contributed by atoms with Gasteiger partial charge in [0.2, 0.25) is 11.8 Å². The van der Waals surface area contributed by atoms with Crippen molar-refractivity contribution in [1.29, 1.82) is 5.26 Å². The Morgan fingerprint density at radius 3 is 2.27 bits per heavy atom. The van der Waals surface area contributed by atoms with Crippen molar-refractivity contribution >= 4 is 67.5 Å². The summed E-state index contributed by atoms with van der Waals surface area (Å²) in [6, 6.07) is 30.3. The molecule has 1 unspecified atom stereocenters. The third-order valence-electron chi connectivity index (χ3n) is 11.1. The number of hydrogen-bond donors (Lipinski definition) is 2. The highest BCUT2D eigenvalue weighted by molar-refractivity contribution is 7.89. The number of hydrogen-bond acceptors (Lipinski definition) is 12. The lowest BCUT2D eigenvalue weighted by Crippen LogP contribution is -2.56. The van der Waals surface area contributed by atoms with Gasteiger partial charge in [-0.25, -0.2) is 18.2 Å². The lowest BCUT2D eigenvalue weighted by molar-refractivity contribution is -0.145. The third kappa shape index (κ3) is 10.2. The number of thiazole rings is 1. The first kappa shape index (κ1) is 46.1. The first-order chi connectivity index (χ1) is 31.7. The summed E-state index contributed by atoms with van der Waals surface area (Å²) in [4.78, 5) is 44.2. The number of aromatic nitrogens is 1. The maximum atomic E-state index is 14.7. The molecular weight excluding hydrogens is 926 g/mol. The van der Waals surface area contributed by atoms with Crippen LogP contribution in [0.4, 0.5) is 5.13 Å². The van der Waals surface area contributed by atoms with E-state index < -0.39 is 46.0 Å². The topological polar surface area (TPSA) is 186 Å². The van der Waals surface area contributed by atoms with E-state index in [2.05, 4.69) is 21.7 Å². The number of rotatable bonds is 13. The third-order valence-corrected chi connectivity index (χ3v) is 14.7. The molecule has 0 aliphatic carbocycles. The zero-order chi connectivity index (χ0) is 46.7. The molecule has 66 heavy (non-hydrogen) atoms. The molecule has 0 bridgehead atoms. The van der Waals surface area contributed by atoms with E-state index in [1.165, 1.54) is 14.0 Å². The summed E-state index contributed by atoms with van der Waals surface area (Å²) in [5.41, 5.74) is 5.91. The molecule has 0 saturated carbocycles. The van der Waals surface area contributed by atoms with Gasteiger partial charge in [0.1, 0.15) is 31.0 Å². The van der Waals surface area contributed by atoms with Crippen LogP contribution in [0.2, 0.25) is 10.0 Å². The highest BCUT2D eigenvalue weighted by Gasteiger charge is 2.43. The van der Waals surface area contributed by atoms with Crippen molar-refractivity contribution < 1.29 is 41.7 Å². The van der Waals surface area contributed by atoms with Crippen molar-refractivity contribution in [1.82, 2.24) is 14.6 Å². The maximum absolute atomic E-state index is 14.7. The Morgan fingerprint density at radius 2 is 1.61 bits per heavy atom. The van der Waals surface area contributed by atoms with Gasteiger partial charge in [0.15, 0.2) is 27.8 Å². The molecule has 1 aromatic heterocycles. The minimum atomic E-state index is -4.52. The number of ether oxygens (including phenoxy) is 4. The molecule has 2 aliphatic rings. The molecule has 14 nitrogen and oxygen atoms in total. The largest absolute Gasteiger partial charge is 0.489 e. The van der Waals surface area contributed by atoms with Gasteiger partial charge in [0, 0.05) is 24.8 Å². The molecule has 2 amide bonds. The smallest absolute Gasteiger partial charge is 0.328 e. The maximum Gasteiger partial charge on any atom is 0.328 e. The number of fused-ring (bicyclic) bond motifs is 2. The van der Waals surface area contributed by atoms with E-state index in [0.717, 1.165) is 37.9 Å². The van der Waals surface area contributed by atoms with Crippen molar-refractivity contribution in [3.05, 3.63) is 151 Å². The van der Waals surface area contributed by atoms with Crippen LogP contribution in [-0.2, 0) is 55.1 Å². The van der Waals surface area contributed by atoms with E-state index in [0.29, 0.717) is 54.4 Å². The van der Waals surface area contributed by atoms with Gasteiger partial charge in [-0.1, -0.05) is 77.8 Å².